The van der Waals surface area contributed by atoms with Gasteiger partial charge in [-0.1, -0.05) is 19.1 Å². The number of amides is 1. The van der Waals surface area contributed by atoms with E-state index >= 15 is 0 Å². The van der Waals surface area contributed by atoms with Crippen LogP contribution in [0.4, 0.5) is 11.6 Å². The number of carbonyl (C=O) groups excluding carboxylic acids is 1. The van der Waals surface area contributed by atoms with Gasteiger partial charge in [-0.15, -0.1) is 0 Å². The zero-order valence-corrected chi connectivity index (χ0v) is 20.5. The van der Waals surface area contributed by atoms with Crippen LogP contribution in [0.15, 0.2) is 59.6 Å². The topological polar surface area (TPSA) is 142 Å². The van der Waals surface area contributed by atoms with Gasteiger partial charge in [-0.2, -0.15) is 5.26 Å². The first kappa shape index (κ1) is 24.2. The Labute approximate surface area is 204 Å². The van der Waals surface area contributed by atoms with Gasteiger partial charge in [0.25, 0.3) is 15.9 Å². The fraction of sp³-hybridized carbons (Fsp3) is 0.280. The summed E-state index contributed by atoms with van der Waals surface area (Å²) in [5.41, 5.74) is 7.47. The first-order valence-electron chi connectivity index (χ1n) is 11.1. The second-order valence-electron chi connectivity index (χ2n) is 9.31. The van der Waals surface area contributed by atoms with E-state index < -0.39 is 15.9 Å². The molecule has 10 heteroatoms. The van der Waals surface area contributed by atoms with E-state index in [1.165, 1.54) is 18.3 Å². The molecule has 3 aromatic rings. The van der Waals surface area contributed by atoms with E-state index in [1.807, 2.05) is 4.90 Å². The van der Waals surface area contributed by atoms with Gasteiger partial charge in [0.2, 0.25) is 0 Å². The van der Waals surface area contributed by atoms with Gasteiger partial charge in [-0.05, 0) is 62.6 Å². The van der Waals surface area contributed by atoms with Crippen LogP contribution >= 0.6 is 0 Å². The molecule has 1 aliphatic heterocycles. The monoisotopic (exact) mass is 490 g/mol. The molecule has 0 unspecified atom stereocenters. The van der Waals surface area contributed by atoms with Crippen molar-refractivity contribution >= 4 is 27.6 Å². The Morgan fingerprint density at radius 3 is 2.51 bits per heavy atom. The second kappa shape index (κ2) is 9.00. The largest absolute Gasteiger partial charge is 0.383 e. The van der Waals surface area contributed by atoms with Gasteiger partial charge >= 0.3 is 0 Å². The van der Waals surface area contributed by atoms with Crippen molar-refractivity contribution < 1.29 is 13.2 Å². The fourth-order valence-electron chi connectivity index (χ4n) is 4.53. The molecule has 35 heavy (non-hydrogen) atoms. The summed E-state index contributed by atoms with van der Waals surface area (Å²) < 4.78 is 27.9. The SMILES string of the molecule is C[C@@H]1CN(c2nc(-c3ccc(C#N)cc3)ccc2C(=O)NS(=O)(=O)c2cccnc2N)C(C)(C)C1. The fourth-order valence-corrected chi connectivity index (χ4v) is 5.58. The molecular weight excluding hydrogens is 464 g/mol. The van der Waals surface area contributed by atoms with Crippen LogP contribution in [-0.4, -0.2) is 36.4 Å². The van der Waals surface area contributed by atoms with E-state index in [9.17, 15) is 13.2 Å². The van der Waals surface area contributed by atoms with Gasteiger partial charge in [0, 0.05) is 23.8 Å². The third-order valence-electron chi connectivity index (χ3n) is 6.07. The van der Waals surface area contributed by atoms with Gasteiger partial charge in [0.05, 0.1) is 22.9 Å². The molecule has 4 rings (SSSR count). The van der Waals surface area contributed by atoms with Crippen LogP contribution in [0.5, 0.6) is 0 Å². The number of hydrogen-bond donors (Lipinski definition) is 2. The molecule has 0 aliphatic carbocycles. The summed E-state index contributed by atoms with van der Waals surface area (Å²) in [6, 6.07) is 15.0. The summed E-state index contributed by atoms with van der Waals surface area (Å²) in [6.07, 6.45) is 2.26. The zero-order valence-electron chi connectivity index (χ0n) is 19.7. The number of nitrogen functional groups attached to an aromatic ring is 1. The average molecular weight is 491 g/mol. The number of aromatic nitrogens is 2. The zero-order chi connectivity index (χ0) is 25.4. The Kier molecular flexibility index (Phi) is 6.21. The molecule has 0 saturated carbocycles. The summed E-state index contributed by atoms with van der Waals surface area (Å²) in [6.45, 7) is 6.93. The molecule has 0 bridgehead atoms. The number of nitriles is 1. The number of pyridine rings is 2. The average Bonchev–Trinajstić information content (AvgIpc) is 3.10. The lowest BCUT2D eigenvalue weighted by Crippen LogP contribution is -2.41. The van der Waals surface area contributed by atoms with Crippen molar-refractivity contribution in [3.8, 4) is 17.3 Å². The predicted molar refractivity (Wildman–Crippen MR) is 133 cm³/mol. The molecular formula is C25H26N6O3S. The normalized spacial score (nSPS) is 17.1. The van der Waals surface area contributed by atoms with Crippen LogP contribution in [0, 0.1) is 17.2 Å². The van der Waals surface area contributed by atoms with E-state index in [2.05, 4.69) is 36.5 Å². The molecule has 1 fully saturated rings. The number of carbonyl (C=O) groups is 1. The first-order chi connectivity index (χ1) is 16.5. The Bertz CT molecular complexity index is 1430. The van der Waals surface area contributed by atoms with Crippen LogP contribution in [0.25, 0.3) is 11.3 Å². The minimum atomic E-state index is -4.25. The minimum absolute atomic E-state index is 0.135. The third-order valence-corrected chi connectivity index (χ3v) is 7.45. The number of sulfonamides is 1. The first-order valence-corrected chi connectivity index (χ1v) is 12.6. The smallest absolute Gasteiger partial charge is 0.268 e. The van der Waals surface area contributed by atoms with Gasteiger partial charge in [-0.3, -0.25) is 4.79 Å². The predicted octanol–water partition coefficient (Wildman–Crippen LogP) is 3.34. The van der Waals surface area contributed by atoms with Crippen molar-refractivity contribution in [3.05, 3.63) is 65.9 Å². The van der Waals surface area contributed by atoms with Gasteiger partial charge in [0.1, 0.15) is 16.5 Å². The van der Waals surface area contributed by atoms with Crippen molar-refractivity contribution in [2.45, 2.75) is 37.6 Å². The van der Waals surface area contributed by atoms with Gasteiger partial charge < -0.3 is 10.6 Å². The number of benzene rings is 1. The van der Waals surface area contributed by atoms with Crippen molar-refractivity contribution in [1.29, 1.82) is 5.26 Å². The standard InChI is InChI=1S/C25H26N6O3S/c1-16-13-25(2,3)31(15-16)23-19(10-11-20(29-23)18-8-6-17(14-26)7-9-18)24(32)30-35(33,34)21-5-4-12-28-22(21)27/h4-12,16H,13,15H2,1-3H3,(H2,27,28)(H,30,32)/t16-/m0/s1. The lowest BCUT2D eigenvalue weighted by molar-refractivity contribution is 0.0981. The van der Waals surface area contributed by atoms with E-state index in [-0.39, 0.29) is 21.8 Å². The highest BCUT2D eigenvalue weighted by atomic mass is 32.2. The number of nitrogens with two attached hydrogens (primary N) is 1. The molecule has 0 radical (unpaired) electrons. The van der Waals surface area contributed by atoms with Crippen molar-refractivity contribution in [3.63, 3.8) is 0 Å². The number of hydrogen-bond acceptors (Lipinski definition) is 8. The molecule has 3 N–H and O–H groups in total. The Hall–Kier alpha value is -3.97. The lowest BCUT2D eigenvalue weighted by atomic mass is 9.97. The highest BCUT2D eigenvalue weighted by molar-refractivity contribution is 7.90. The maximum atomic E-state index is 13.3. The molecule has 0 spiro atoms. The van der Waals surface area contributed by atoms with Crippen LogP contribution in [0.1, 0.15) is 43.1 Å². The number of nitrogens with zero attached hydrogens (tertiary/aromatic N) is 4. The molecule has 1 amide bonds. The van der Waals surface area contributed by atoms with E-state index in [0.717, 1.165) is 12.0 Å². The highest BCUT2D eigenvalue weighted by Crippen LogP contribution is 2.38. The Balaban J connectivity index is 1.78. The van der Waals surface area contributed by atoms with Crippen molar-refractivity contribution in [1.82, 2.24) is 14.7 Å². The summed E-state index contributed by atoms with van der Waals surface area (Å²) in [4.78, 5) is 23.7. The molecule has 3 heterocycles. The van der Waals surface area contributed by atoms with Crippen LogP contribution in [0.2, 0.25) is 0 Å². The third kappa shape index (κ3) is 4.81. The molecule has 1 aliphatic rings. The highest BCUT2D eigenvalue weighted by Gasteiger charge is 2.39. The molecule has 9 nitrogen and oxygen atoms in total. The van der Waals surface area contributed by atoms with Gasteiger partial charge in [0.15, 0.2) is 0 Å². The maximum Gasteiger partial charge on any atom is 0.268 e. The summed E-state index contributed by atoms with van der Waals surface area (Å²) in [7, 11) is -4.25. The summed E-state index contributed by atoms with van der Waals surface area (Å²) >= 11 is 0. The Morgan fingerprint density at radius 1 is 1.20 bits per heavy atom. The molecule has 1 atom stereocenters. The number of anilines is 2. The lowest BCUT2D eigenvalue weighted by Gasteiger charge is -2.34. The van der Waals surface area contributed by atoms with E-state index in [4.69, 9.17) is 16.0 Å². The molecule has 1 saturated heterocycles. The second-order valence-corrected chi connectivity index (χ2v) is 11.0. The van der Waals surface area contributed by atoms with Gasteiger partial charge in [-0.25, -0.2) is 23.1 Å². The quantitative estimate of drug-likeness (QED) is 0.554. The summed E-state index contributed by atoms with van der Waals surface area (Å²) in [5.74, 6) is -0.248. The van der Waals surface area contributed by atoms with Crippen LogP contribution < -0.4 is 15.4 Å². The molecule has 2 aromatic heterocycles. The van der Waals surface area contributed by atoms with Crippen LogP contribution in [-0.2, 0) is 10.0 Å². The van der Waals surface area contributed by atoms with Crippen LogP contribution in [0.3, 0.4) is 0 Å². The maximum absolute atomic E-state index is 13.3. The molecule has 1 aromatic carbocycles. The van der Waals surface area contributed by atoms with E-state index in [1.54, 1.807) is 36.4 Å². The molecule has 180 valence electrons. The number of nitrogens with one attached hydrogen (secondary N) is 1. The Morgan fingerprint density at radius 2 is 1.91 bits per heavy atom. The van der Waals surface area contributed by atoms with Crippen molar-refractivity contribution in [2.24, 2.45) is 5.92 Å². The minimum Gasteiger partial charge on any atom is -0.383 e. The van der Waals surface area contributed by atoms with E-state index in [0.29, 0.717) is 29.5 Å². The summed E-state index contributed by atoms with van der Waals surface area (Å²) in [5, 5.41) is 9.08. The van der Waals surface area contributed by atoms with Crippen molar-refractivity contribution in [2.75, 3.05) is 17.2 Å². The number of rotatable bonds is 5.